The molecule has 8 unspecified atom stereocenters. The van der Waals surface area contributed by atoms with E-state index in [1.807, 2.05) is 0 Å². The van der Waals surface area contributed by atoms with Crippen LogP contribution in [0.1, 0.15) is 125 Å². The molecule has 5 aliphatic rings. The lowest BCUT2D eigenvalue weighted by Crippen LogP contribution is -2.48. The first kappa shape index (κ1) is 29.4. The van der Waals surface area contributed by atoms with Gasteiger partial charge in [0.15, 0.2) is 0 Å². The smallest absolute Gasteiger partial charge is 0.0483 e. The topological polar surface area (TPSA) is 0 Å². The largest absolute Gasteiger partial charge is 0.100 e. The Morgan fingerprint density at radius 1 is 0.711 bits per heavy atom. The molecule has 0 N–H and O–H groups in total. The van der Waals surface area contributed by atoms with Crippen LogP contribution in [-0.4, -0.2) is 8.07 Å². The van der Waals surface area contributed by atoms with Gasteiger partial charge in [0, 0.05) is 8.07 Å². The van der Waals surface area contributed by atoms with E-state index in [2.05, 4.69) is 67.8 Å². The van der Waals surface area contributed by atoms with Crippen LogP contribution in [-0.2, 0) is 0 Å². The summed E-state index contributed by atoms with van der Waals surface area (Å²) >= 11 is 0. The van der Waals surface area contributed by atoms with Crippen LogP contribution in [0.2, 0.25) is 25.7 Å². The zero-order chi connectivity index (χ0) is 27.7. The Morgan fingerprint density at radius 3 is 1.66 bits per heavy atom. The van der Waals surface area contributed by atoms with E-state index in [0.717, 1.165) is 58.7 Å². The van der Waals surface area contributed by atoms with Crippen molar-refractivity contribution in [1.29, 1.82) is 0 Å². The molecule has 5 fully saturated rings. The van der Waals surface area contributed by atoms with Crippen molar-refractivity contribution < 1.29 is 0 Å². The predicted molar refractivity (Wildman–Crippen MR) is 170 cm³/mol. The molecule has 38 heavy (non-hydrogen) atoms. The van der Waals surface area contributed by atoms with Crippen LogP contribution in [0.3, 0.4) is 0 Å². The number of rotatable bonds is 6. The van der Waals surface area contributed by atoms with Gasteiger partial charge in [-0.05, 0) is 153 Å². The molecule has 0 heterocycles. The molecule has 0 aromatic heterocycles. The molecule has 5 rings (SSSR count). The Hall–Kier alpha value is -0.0431. The van der Waals surface area contributed by atoms with Crippen molar-refractivity contribution >= 4 is 8.07 Å². The Bertz CT molecular complexity index is 803. The molecule has 218 valence electrons. The van der Waals surface area contributed by atoms with Crippen molar-refractivity contribution in [3.8, 4) is 0 Å². The standard InChI is InChI=1S/C37H66Si/c1-25(24-38(8,9)10)20-26-12-13-29(21-26)37(18-11-19-37)34-30-16-14-27(35(2,3)4)22-32(30)33-23-28(36(5,6)7)15-17-31(33)34/h26-34H,1,11-24H2,2-10H3. The monoisotopic (exact) mass is 538 g/mol. The van der Waals surface area contributed by atoms with E-state index in [4.69, 9.17) is 0 Å². The highest BCUT2D eigenvalue weighted by Crippen LogP contribution is 2.71. The molecule has 0 spiro atoms. The lowest BCUT2D eigenvalue weighted by atomic mass is 9.48. The van der Waals surface area contributed by atoms with Crippen LogP contribution in [0.4, 0.5) is 0 Å². The van der Waals surface area contributed by atoms with Crippen molar-refractivity contribution in [3.05, 3.63) is 12.2 Å². The van der Waals surface area contributed by atoms with Gasteiger partial charge in [-0.3, -0.25) is 0 Å². The van der Waals surface area contributed by atoms with E-state index in [-0.39, 0.29) is 0 Å². The summed E-state index contributed by atoms with van der Waals surface area (Å²) in [6, 6.07) is 1.35. The summed E-state index contributed by atoms with van der Waals surface area (Å²) < 4.78 is 0. The molecule has 0 amide bonds. The summed E-state index contributed by atoms with van der Waals surface area (Å²) in [5.41, 5.74) is 3.30. The maximum absolute atomic E-state index is 4.60. The highest BCUT2D eigenvalue weighted by Gasteiger charge is 2.63. The van der Waals surface area contributed by atoms with Gasteiger partial charge >= 0.3 is 0 Å². The minimum atomic E-state index is -1.04. The van der Waals surface area contributed by atoms with Crippen molar-refractivity contribution in [2.24, 2.45) is 69.5 Å². The molecule has 1 heteroatoms. The summed E-state index contributed by atoms with van der Waals surface area (Å²) in [4.78, 5) is 0. The fraction of sp³-hybridized carbons (Fsp3) is 0.946. The maximum atomic E-state index is 4.60. The molecule has 5 aliphatic carbocycles. The molecule has 0 bridgehead atoms. The average molecular weight is 539 g/mol. The molecule has 0 aromatic rings. The van der Waals surface area contributed by atoms with Gasteiger partial charge in [0.2, 0.25) is 0 Å². The zero-order valence-electron chi connectivity index (χ0n) is 27.3. The highest BCUT2D eigenvalue weighted by atomic mass is 28.3. The van der Waals surface area contributed by atoms with Crippen LogP contribution in [0.15, 0.2) is 12.2 Å². The van der Waals surface area contributed by atoms with Crippen molar-refractivity contribution in [2.45, 2.75) is 151 Å². The summed E-state index contributed by atoms with van der Waals surface area (Å²) in [5, 5.41) is 0. The summed E-state index contributed by atoms with van der Waals surface area (Å²) in [6.45, 7) is 27.4. The van der Waals surface area contributed by atoms with Crippen molar-refractivity contribution in [2.75, 3.05) is 0 Å². The Balaban J connectivity index is 1.37. The van der Waals surface area contributed by atoms with E-state index in [0.29, 0.717) is 10.8 Å². The fourth-order valence-corrected chi connectivity index (χ4v) is 13.3. The van der Waals surface area contributed by atoms with Crippen molar-refractivity contribution in [3.63, 3.8) is 0 Å². The summed E-state index contributed by atoms with van der Waals surface area (Å²) in [5.74, 6) is 9.15. The van der Waals surface area contributed by atoms with Gasteiger partial charge in [0.05, 0.1) is 0 Å². The molecule has 0 nitrogen and oxygen atoms in total. The van der Waals surface area contributed by atoms with E-state index in [9.17, 15) is 0 Å². The Labute approximate surface area is 240 Å². The minimum absolute atomic E-state index is 0.488. The van der Waals surface area contributed by atoms with Gasteiger partial charge < -0.3 is 0 Å². The quantitative estimate of drug-likeness (QED) is 0.233. The molecule has 0 aromatic carbocycles. The second-order valence-electron chi connectivity index (χ2n) is 19.1. The number of hydrogen-bond acceptors (Lipinski definition) is 0. The summed E-state index contributed by atoms with van der Waals surface area (Å²) in [7, 11) is -1.04. The Morgan fingerprint density at radius 2 is 1.24 bits per heavy atom. The van der Waals surface area contributed by atoms with E-state index in [1.54, 1.807) is 56.9 Å². The van der Waals surface area contributed by atoms with E-state index >= 15 is 0 Å². The fourth-order valence-electron chi connectivity index (χ4n) is 11.7. The third-order valence-electron chi connectivity index (χ3n) is 13.5. The third kappa shape index (κ3) is 5.68. The molecule has 0 saturated heterocycles. The van der Waals surface area contributed by atoms with Crippen LogP contribution in [0, 0.1) is 69.5 Å². The van der Waals surface area contributed by atoms with Gasteiger partial charge in [-0.1, -0.05) is 73.2 Å². The number of allylic oxidation sites excluding steroid dienone is 1. The maximum Gasteiger partial charge on any atom is 0.0483 e. The van der Waals surface area contributed by atoms with Crippen LogP contribution in [0.5, 0.6) is 0 Å². The molecular formula is C37H66Si. The average Bonchev–Trinajstić information content (AvgIpc) is 3.33. The number of hydrogen-bond donors (Lipinski definition) is 0. The second kappa shape index (κ2) is 10.3. The SMILES string of the molecule is C=C(CC1CCC(C2(C3C4CCC(C(C)(C)C)CC4C4CC(C(C)(C)C)CCC43)CCC2)C1)C[Si](C)(C)C. The summed E-state index contributed by atoms with van der Waals surface area (Å²) in [6.07, 6.45) is 19.9. The Kier molecular flexibility index (Phi) is 8.02. The molecular weight excluding hydrogens is 472 g/mol. The van der Waals surface area contributed by atoms with Gasteiger partial charge in [0.25, 0.3) is 0 Å². The lowest BCUT2D eigenvalue weighted by Gasteiger charge is -2.56. The van der Waals surface area contributed by atoms with Gasteiger partial charge in [-0.15, -0.1) is 6.58 Å². The normalized spacial score (nSPS) is 41.3. The third-order valence-corrected chi connectivity index (χ3v) is 15.1. The highest BCUT2D eigenvalue weighted by molar-refractivity contribution is 6.76. The first-order valence-corrected chi connectivity index (χ1v) is 21.0. The molecule has 0 radical (unpaired) electrons. The predicted octanol–water partition coefficient (Wildman–Crippen LogP) is 11.6. The van der Waals surface area contributed by atoms with E-state index < -0.39 is 8.07 Å². The van der Waals surface area contributed by atoms with Gasteiger partial charge in [-0.25, -0.2) is 0 Å². The van der Waals surface area contributed by atoms with Gasteiger partial charge in [0.1, 0.15) is 0 Å². The minimum Gasteiger partial charge on any atom is -0.100 e. The van der Waals surface area contributed by atoms with Crippen molar-refractivity contribution in [1.82, 2.24) is 0 Å². The van der Waals surface area contributed by atoms with Crippen LogP contribution in [0.25, 0.3) is 0 Å². The number of fused-ring (bicyclic) bond motifs is 3. The lowest BCUT2D eigenvalue weighted by molar-refractivity contribution is -0.0731. The zero-order valence-corrected chi connectivity index (χ0v) is 28.3. The molecule has 8 atom stereocenters. The molecule has 0 aliphatic heterocycles. The molecule has 5 saturated carbocycles. The first-order valence-electron chi connectivity index (χ1n) is 17.2. The van der Waals surface area contributed by atoms with Crippen LogP contribution < -0.4 is 0 Å². The first-order chi connectivity index (χ1) is 17.6. The van der Waals surface area contributed by atoms with Gasteiger partial charge in [-0.2, -0.15) is 0 Å². The van der Waals surface area contributed by atoms with E-state index in [1.165, 1.54) is 38.1 Å². The van der Waals surface area contributed by atoms with Crippen LogP contribution >= 0.6 is 0 Å². The second-order valence-corrected chi connectivity index (χ2v) is 24.6.